The van der Waals surface area contributed by atoms with Crippen molar-refractivity contribution >= 4 is 5.97 Å². The smallest absolute Gasteiger partial charge is 0.338 e. The molecule has 0 amide bonds. The van der Waals surface area contributed by atoms with Crippen molar-refractivity contribution in [1.82, 2.24) is 15.0 Å². The molecule has 0 atom stereocenters. The second-order valence-electron chi connectivity index (χ2n) is 2.96. The third kappa shape index (κ3) is 2.00. The van der Waals surface area contributed by atoms with E-state index in [0.29, 0.717) is 5.69 Å². The third-order valence-corrected chi connectivity index (χ3v) is 1.86. The lowest BCUT2D eigenvalue weighted by atomic mass is 10.3. The Hall–Kier alpha value is -2.37. The normalized spacial score (nSPS) is 10.1. The van der Waals surface area contributed by atoms with Crippen molar-refractivity contribution in [1.29, 1.82) is 0 Å². The number of nitrogens with zero attached hydrogens (tertiary/aromatic N) is 3. The van der Waals surface area contributed by atoms with Crippen LogP contribution in [0.5, 0.6) is 0 Å². The summed E-state index contributed by atoms with van der Waals surface area (Å²) >= 11 is 0. The van der Waals surface area contributed by atoms with Crippen LogP contribution in [0.25, 0.3) is 11.5 Å². The van der Waals surface area contributed by atoms with Crippen LogP contribution in [0, 0.1) is 5.82 Å². The van der Waals surface area contributed by atoms with E-state index in [-0.39, 0.29) is 11.4 Å². The van der Waals surface area contributed by atoms with E-state index < -0.39 is 11.8 Å². The lowest BCUT2D eigenvalue weighted by Gasteiger charge is -1.98. The molecule has 2 rings (SSSR count). The quantitative estimate of drug-likeness (QED) is 0.825. The van der Waals surface area contributed by atoms with Gasteiger partial charge >= 0.3 is 5.97 Å². The molecule has 2 aromatic rings. The summed E-state index contributed by atoms with van der Waals surface area (Å²) in [6.45, 7) is 0. The summed E-state index contributed by atoms with van der Waals surface area (Å²) in [6, 6.07) is 2.65. The molecular formula is C10H6FN3O2. The van der Waals surface area contributed by atoms with Gasteiger partial charge in [-0.1, -0.05) is 0 Å². The summed E-state index contributed by atoms with van der Waals surface area (Å²) in [5.41, 5.74) is 0.379. The van der Waals surface area contributed by atoms with E-state index >= 15 is 0 Å². The van der Waals surface area contributed by atoms with Crippen LogP contribution in [0.1, 0.15) is 10.4 Å². The molecule has 16 heavy (non-hydrogen) atoms. The van der Waals surface area contributed by atoms with Crippen molar-refractivity contribution in [2.75, 3.05) is 0 Å². The SMILES string of the molecule is O=C(O)c1cnc(-c2ccc(F)cn2)nc1. The van der Waals surface area contributed by atoms with Crippen molar-refractivity contribution in [3.05, 3.63) is 42.1 Å². The molecule has 0 aliphatic rings. The van der Waals surface area contributed by atoms with Gasteiger partial charge in [-0.05, 0) is 12.1 Å². The highest BCUT2D eigenvalue weighted by molar-refractivity contribution is 5.86. The number of carbonyl (C=O) groups is 1. The minimum absolute atomic E-state index is 0.00846. The Morgan fingerprint density at radius 1 is 1.12 bits per heavy atom. The first-order chi connectivity index (χ1) is 7.66. The number of carboxylic acid groups (broad SMARTS) is 1. The number of aromatic nitrogens is 3. The van der Waals surface area contributed by atoms with Gasteiger partial charge in [-0.2, -0.15) is 0 Å². The molecule has 0 fully saturated rings. The fourth-order valence-electron chi connectivity index (χ4n) is 1.08. The monoisotopic (exact) mass is 219 g/mol. The molecule has 0 aliphatic heterocycles. The van der Waals surface area contributed by atoms with Crippen LogP contribution in [0.3, 0.4) is 0 Å². The van der Waals surface area contributed by atoms with Gasteiger partial charge in [0.25, 0.3) is 0 Å². The number of aromatic carboxylic acids is 1. The number of hydrogen-bond acceptors (Lipinski definition) is 4. The van der Waals surface area contributed by atoms with Crippen LogP contribution in [-0.2, 0) is 0 Å². The van der Waals surface area contributed by atoms with Crippen LogP contribution < -0.4 is 0 Å². The molecule has 0 unspecified atom stereocenters. The zero-order valence-electron chi connectivity index (χ0n) is 7.96. The van der Waals surface area contributed by atoms with E-state index in [1.165, 1.54) is 24.5 Å². The first-order valence-electron chi connectivity index (χ1n) is 4.34. The van der Waals surface area contributed by atoms with E-state index in [1.54, 1.807) is 0 Å². The molecule has 80 valence electrons. The number of carboxylic acids is 1. The molecule has 0 spiro atoms. The van der Waals surface area contributed by atoms with E-state index in [9.17, 15) is 9.18 Å². The molecule has 2 heterocycles. The Bertz CT molecular complexity index is 511. The van der Waals surface area contributed by atoms with Gasteiger partial charge in [0, 0.05) is 12.4 Å². The summed E-state index contributed by atoms with van der Waals surface area (Å²) in [6.07, 6.45) is 3.40. The maximum Gasteiger partial charge on any atom is 0.338 e. The lowest BCUT2D eigenvalue weighted by Crippen LogP contribution is -2.00. The van der Waals surface area contributed by atoms with Gasteiger partial charge in [-0.15, -0.1) is 0 Å². The maximum atomic E-state index is 12.6. The van der Waals surface area contributed by atoms with Crippen LogP contribution in [0.2, 0.25) is 0 Å². The van der Waals surface area contributed by atoms with Crippen molar-refractivity contribution in [3.63, 3.8) is 0 Å². The highest BCUT2D eigenvalue weighted by atomic mass is 19.1. The van der Waals surface area contributed by atoms with Gasteiger partial charge in [0.05, 0.1) is 11.8 Å². The Morgan fingerprint density at radius 3 is 2.31 bits per heavy atom. The highest BCUT2D eigenvalue weighted by Crippen LogP contribution is 2.11. The van der Waals surface area contributed by atoms with E-state index in [2.05, 4.69) is 15.0 Å². The number of hydrogen-bond donors (Lipinski definition) is 1. The van der Waals surface area contributed by atoms with Crippen LogP contribution in [0.15, 0.2) is 30.7 Å². The molecule has 2 aromatic heterocycles. The molecule has 0 aliphatic carbocycles. The Morgan fingerprint density at radius 2 is 1.81 bits per heavy atom. The predicted molar refractivity (Wildman–Crippen MR) is 52.2 cm³/mol. The molecule has 0 bridgehead atoms. The zero-order valence-corrected chi connectivity index (χ0v) is 7.96. The minimum atomic E-state index is -1.10. The van der Waals surface area contributed by atoms with Crippen molar-refractivity contribution in [2.45, 2.75) is 0 Å². The molecule has 6 heteroatoms. The molecular weight excluding hydrogens is 213 g/mol. The van der Waals surface area contributed by atoms with Crippen LogP contribution >= 0.6 is 0 Å². The summed E-state index contributed by atoms with van der Waals surface area (Å²) in [5.74, 6) is -1.30. The van der Waals surface area contributed by atoms with Crippen molar-refractivity contribution in [2.24, 2.45) is 0 Å². The Kier molecular flexibility index (Phi) is 2.55. The molecule has 1 N–H and O–H groups in total. The van der Waals surface area contributed by atoms with Gasteiger partial charge in [0.1, 0.15) is 11.5 Å². The largest absolute Gasteiger partial charge is 0.478 e. The number of halogens is 1. The third-order valence-electron chi connectivity index (χ3n) is 1.86. The molecule has 0 radical (unpaired) electrons. The van der Waals surface area contributed by atoms with Crippen LogP contribution in [-0.4, -0.2) is 26.0 Å². The fourth-order valence-corrected chi connectivity index (χ4v) is 1.08. The summed E-state index contributed by atoms with van der Waals surface area (Å²) in [7, 11) is 0. The van der Waals surface area contributed by atoms with Gasteiger partial charge in [-0.3, -0.25) is 0 Å². The summed E-state index contributed by atoms with van der Waals surface area (Å²) < 4.78 is 12.6. The Balaban J connectivity index is 2.34. The average molecular weight is 219 g/mol. The van der Waals surface area contributed by atoms with Gasteiger partial charge < -0.3 is 5.11 Å². The van der Waals surface area contributed by atoms with Gasteiger partial charge in [0.15, 0.2) is 5.82 Å². The second-order valence-corrected chi connectivity index (χ2v) is 2.96. The van der Waals surface area contributed by atoms with E-state index in [4.69, 9.17) is 5.11 Å². The lowest BCUT2D eigenvalue weighted by molar-refractivity contribution is 0.0696. The van der Waals surface area contributed by atoms with Crippen molar-refractivity contribution in [3.8, 4) is 11.5 Å². The first kappa shape index (κ1) is 10.2. The topological polar surface area (TPSA) is 76.0 Å². The zero-order chi connectivity index (χ0) is 11.5. The first-order valence-corrected chi connectivity index (χ1v) is 4.34. The minimum Gasteiger partial charge on any atom is -0.478 e. The Labute approximate surface area is 89.6 Å². The second kappa shape index (κ2) is 4.01. The highest BCUT2D eigenvalue weighted by Gasteiger charge is 2.06. The van der Waals surface area contributed by atoms with E-state index in [1.807, 2.05) is 0 Å². The summed E-state index contributed by atoms with van der Waals surface area (Å²) in [5, 5.41) is 8.64. The maximum absolute atomic E-state index is 12.6. The summed E-state index contributed by atoms with van der Waals surface area (Å²) in [4.78, 5) is 22.0. The molecule has 0 aromatic carbocycles. The van der Waals surface area contributed by atoms with Gasteiger partial charge in [0.2, 0.25) is 0 Å². The van der Waals surface area contributed by atoms with E-state index in [0.717, 1.165) is 6.20 Å². The fraction of sp³-hybridized carbons (Fsp3) is 0. The number of rotatable bonds is 2. The molecule has 0 saturated heterocycles. The number of pyridine rings is 1. The molecule has 5 nitrogen and oxygen atoms in total. The predicted octanol–water partition coefficient (Wildman–Crippen LogP) is 1.38. The molecule has 0 saturated carbocycles. The average Bonchev–Trinajstić information content (AvgIpc) is 2.30. The standard InChI is InChI=1S/C10H6FN3O2/c11-7-1-2-8(12-5-7)9-13-3-6(4-14-9)10(15)16/h1-5H,(H,15,16). The van der Waals surface area contributed by atoms with Crippen molar-refractivity contribution < 1.29 is 14.3 Å². The van der Waals surface area contributed by atoms with Gasteiger partial charge in [-0.25, -0.2) is 24.1 Å². The van der Waals surface area contributed by atoms with Crippen LogP contribution in [0.4, 0.5) is 4.39 Å².